The Labute approximate surface area is 199 Å². The summed E-state index contributed by atoms with van der Waals surface area (Å²) in [5.74, 6) is -0.0963. The number of carbonyl (C=O) groups is 3. The molecule has 1 aliphatic heterocycles. The molecule has 34 heavy (non-hydrogen) atoms. The summed E-state index contributed by atoms with van der Waals surface area (Å²) in [6.45, 7) is 2.62. The highest BCUT2D eigenvalue weighted by molar-refractivity contribution is 5.97. The molecule has 2 atom stereocenters. The number of hydrogen-bond donors (Lipinski definition) is 2. The number of unbranched alkanes of at least 4 members (excludes halogenated alkanes) is 1. The van der Waals surface area contributed by atoms with Crippen molar-refractivity contribution in [3.8, 4) is 17.2 Å². The molecule has 0 radical (unpaired) electrons. The molecule has 1 saturated heterocycles. The van der Waals surface area contributed by atoms with Crippen molar-refractivity contribution >= 4 is 17.7 Å². The van der Waals surface area contributed by atoms with Crippen molar-refractivity contribution in [3.63, 3.8) is 0 Å². The highest BCUT2D eigenvalue weighted by atomic mass is 16.5. The molecular weight excluding hydrogens is 438 g/mol. The second-order valence-electron chi connectivity index (χ2n) is 7.98. The fourth-order valence-corrected chi connectivity index (χ4v) is 4.09. The summed E-state index contributed by atoms with van der Waals surface area (Å²) >= 11 is 0. The molecule has 1 heterocycles. The SMILES string of the molecule is CCCCN1C(=O)CC(C(=O)NNC(=O)c2ccc(OC)c(OC)c2)C1c1ccc(OC)cc1. The molecule has 2 unspecified atom stereocenters. The number of nitrogens with one attached hydrogen (secondary N) is 2. The molecule has 0 saturated carbocycles. The Balaban J connectivity index is 1.75. The normalized spacial score (nSPS) is 17.3. The van der Waals surface area contributed by atoms with Crippen molar-refractivity contribution in [1.82, 2.24) is 15.8 Å². The number of hydrazine groups is 1. The van der Waals surface area contributed by atoms with E-state index in [1.165, 1.54) is 20.3 Å². The van der Waals surface area contributed by atoms with Crippen LogP contribution in [-0.2, 0) is 9.59 Å². The molecule has 2 aromatic rings. The third-order valence-electron chi connectivity index (χ3n) is 5.92. The lowest BCUT2D eigenvalue weighted by atomic mass is 9.93. The van der Waals surface area contributed by atoms with E-state index in [0.29, 0.717) is 23.8 Å². The predicted octanol–water partition coefficient (Wildman–Crippen LogP) is 2.86. The zero-order valence-corrected chi connectivity index (χ0v) is 19.9. The van der Waals surface area contributed by atoms with Crippen LogP contribution in [0.1, 0.15) is 48.1 Å². The number of hydrogen-bond acceptors (Lipinski definition) is 6. The van der Waals surface area contributed by atoms with Gasteiger partial charge in [0.25, 0.3) is 5.91 Å². The number of rotatable bonds is 9. The van der Waals surface area contributed by atoms with Crippen molar-refractivity contribution in [2.45, 2.75) is 32.2 Å². The first-order valence-electron chi connectivity index (χ1n) is 11.2. The quantitative estimate of drug-likeness (QED) is 0.547. The summed E-state index contributed by atoms with van der Waals surface area (Å²) < 4.78 is 15.6. The van der Waals surface area contributed by atoms with Gasteiger partial charge in [-0.3, -0.25) is 25.2 Å². The van der Waals surface area contributed by atoms with E-state index in [1.807, 2.05) is 24.3 Å². The molecule has 9 nitrogen and oxygen atoms in total. The first-order valence-corrected chi connectivity index (χ1v) is 11.2. The molecule has 3 rings (SSSR count). The molecular formula is C25H31N3O6. The van der Waals surface area contributed by atoms with E-state index in [0.717, 1.165) is 18.4 Å². The van der Waals surface area contributed by atoms with Gasteiger partial charge in [0.05, 0.1) is 33.3 Å². The van der Waals surface area contributed by atoms with Crippen LogP contribution in [0.15, 0.2) is 42.5 Å². The average Bonchev–Trinajstić information content (AvgIpc) is 3.21. The molecule has 9 heteroatoms. The number of likely N-dealkylation sites (tertiary alicyclic amines) is 1. The van der Waals surface area contributed by atoms with Crippen LogP contribution in [0.3, 0.4) is 0 Å². The number of carbonyl (C=O) groups excluding carboxylic acids is 3. The third kappa shape index (κ3) is 5.41. The Morgan fingerprint density at radius 3 is 2.29 bits per heavy atom. The lowest BCUT2D eigenvalue weighted by molar-refractivity contribution is -0.129. The van der Waals surface area contributed by atoms with Crippen LogP contribution in [-0.4, -0.2) is 50.5 Å². The maximum absolute atomic E-state index is 13.1. The van der Waals surface area contributed by atoms with Crippen LogP contribution in [0, 0.1) is 5.92 Å². The Kier molecular flexibility index (Phi) is 8.34. The van der Waals surface area contributed by atoms with Crippen LogP contribution in [0.2, 0.25) is 0 Å². The minimum absolute atomic E-state index is 0.0679. The summed E-state index contributed by atoms with van der Waals surface area (Å²) in [5.41, 5.74) is 6.07. The van der Waals surface area contributed by atoms with Crippen LogP contribution >= 0.6 is 0 Å². The molecule has 3 amide bonds. The van der Waals surface area contributed by atoms with Gasteiger partial charge in [-0.15, -0.1) is 0 Å². The number of ether oxygens (including phenoxy) is 3. The number of amides is 3. The Morgan fingerprint density at radius 1 is 0.971 bits per heavy atom. The fraction of sp³-hybridized carbons (Fsp3) is 0.400. The molecule has 1 aliphatic rings. The Morgan fingerprint density at radius 2 is 1.68 bits per heavy atom. The summed E-state index contributed by atoms with van der Waals surface area (Å²) in [6, 6.07) is 11.6. The Hall–Kier alpha value is -3.75. The van der Waals surface area contributed by atoms with E-state index >= 15 is 0 Å². The number of benzene rings is 2. The van der Waals surface area contributed by atoms with E-state index in [1.54, 1.807) is 24.1 Å². The number of methoxy groups -OCH3 is 3. The average molecular weight is 470 g/mol. The van der Waals surface area contributed by atoms with Crippen molar-refractivity contribution < 1.29 is 28.6 Å². The van der Waals surface area contributed by atoms with Gasteiger partial charge >= 0.3 is 0 Å². The standard InChI is InChI=1S/C25H31N3O6/c1-5-6-13-28-22(29)15-19(23(28)16-7-10-18(32-2)11-8-16)25(31)27-26-24(30)17-9-12-20(33-3)21(14-17)34-4/h7-12,14,19,23H,5-6,13,15H2,1-4H3,(H,26,30)(H,27,31). The summed E-state index contributed by atoms with van der Waals surface area (Å²) in [5, 5.41) is 0. The van der Waals surface area contributed by atoms with Crippen LogP contribution in [0.25, 0.3) is 0 Å². The van der Waals surface area contributed by atoms with Crippen LogP contribution in [0.4, 0.5) is 0 Å². The van der Waals surface area contributed by atoms with Crippen molar-refractivity contribution in [2.75, 3.05) is 27.9 Å². The van der Waals surface area contributed by atoms with E-state index in [4.69, 9.17) is 14.2 Å². The first kappa shape index (κ1) is 24.9. The minimum Gasteiger partial charge on any atom is -0.497 e. The summed E-state index contributed by atoms with van der Waals surface area (Å²) in [4.78, 5) is 40.3. The molecule has 2 N–H and O–H groups in total. The minimum atomic E-state index is -0.650. The van der Waals surface area contributed by atoms with Crippen LogP contribution in [0.5, 0.6) is 17.2 Å². The van der Waals surface area contributed by atoms with Gasteiger partial charge in [-0.05, 0) is 42.3 Å². The van der Waals surface area contributed by atoms with Crippen molar-refractivity contribution in [2.24, 2.45) is 5.92 Å². The van der Waals surface area contributed by atoms with Gasteiger partial charge in [0.1, 0.15) is 5.75 Å². The Bertz CT molecular complexity index is 1020. The summed E-state index contributed by atoms with van der Waals surface area (Å²) in [6.07, 6.45) is 1.83. The van der Waals surface area contributed by atoms with Gasteiger partial charge < -0.3 is 19.1 Å². The molecule has 0 aromatic heterocycles. The molecule has 2 aromatic carbocycles. The predicted molar refractivity (Wildman–Crippen MR) is 126 cm³/mol. The highest BCUT2D eigenvalue weighted by Gasteiger charge is 2.44. The van der Waals surface area contributed by atoms with Crippen LogP contribution < -0.4 is 25.1 Å². The summed E-state index contributed by atoms with van der Waals surface area (Å²) in [7, 11) is 4.56. The molecule has 0 aliphatic carbocycles. The first-order chi connectivity index (χ1) is 16.4. The second kappa shape index (κ2) is 11.4. The lowest BCUT2D eigenvalue weighted by Gasteiger charge is -2.28. The molecule has 0 spiro atoms. The maximum atomic E-state index is 13.1. The zero-order chi connectivity index (χ0) is 24.7. The van der Waals surface area contributed by atoms with Gasteiger partial charge in [-0.1, -0.05) is 25.5 Å². The van der Waals surface area contributed by atoms with Gasteiger partial charge in [0.2, 0.25) is 11.8 Å². The van der Waals surface area contributed by atoms with E-state index in [2.05, 4.69) is 17.8 Å². The highest BCUT2D eigenvalue weighted by Crippen LogP contribution is 2.39. The fourth-order valence-electron chi connectivity index (χ4n) is 4.09. The molecule has 0 bridgehead atoms. The lowest BCUT2D eigenvalue weighted by Crippen LogP contribution is -2.45. The van der Waals surface area contributed by atoms with Gasteiger partial charge in [-0.25, -0.2) is 0 Å². The van der Waals surface area contributed by atoms with Gasteiger partial charge in [-0.2, -0.15) is 0 Å². The molecule has 182 valence electrons. The van der Waals surface area contributed by atoms with Crippen molar-refractivity contribution in [1.29, 1.82) is 0 Å². The van der Waals surface area contributed by atoms with E-state index in [-0.39, 0.29) is 17.9 Å². The van der Waals surface area contributed by atoms with E-state index in [9.17, 15) is 14.4 Å². The topological polar surface area (TPSA) is 106 Å². The number of nitrogens with zero attached hydrogens (tertiary/aromatic N) is 1. The maximum Gasteiger partial charge on any atom is 0.269 e. The van der Waals surface area contributed by atoms with Gasteiger partial charge in [0.15, 0.2) is 11.5 Å². The third-order valence-corrected chi connectivity index (χ3v) is 5.92. The molecule has 1 fully saturated rings. The van der Waals surface area contributed by atoms with Gasteiger partial charge in [0, 0.05) is 18.5 Å². The smallest absolute Gasteiger partial charge is 0.269 e. The zero-order valence-electron chi connectivity index (χ0n) is 19.9. The monoisotopic (exact) mass is 469 g/mol. The van der Waals surface area contributed by atoms with Crippen molar-refractivity contribution in [3.05, 3.63) is 53.6 Å². The van der Waals surface area contributed by atoms with E-state index < -0.39 is 23.8 Å². The second-order valence-corrected chi connectivity index (χ2v) is 7.98. The largest absolute Gasteiger partial charge is 0.497 e.